The van der Waals surface area contributed by atoms with Crippen LogP contribution in [0.25, 0.3) is 0 Å². The number of halogens is 1. The molecule has 5 heteroatoms. The highest BCUT2D eigenvalue weighted by Gasteiger charge is 2.14. The summed E-state index contributed by atoms with van der Waals surface area (Å²) in [6.07, 6.45) is 0. The summed E-state index contributed by atoms with van der Waals surface area (Å²) in [7, 11) is 0. The van der Waals surface area contributed by atoms with Crippen molar-refractivity contribution in [2.45, 2.75) is 26.8 Å². The normalized spacial score (nSPS) is 10.1. The number of anilines is 1. The summed E-state index contributed by atoms with van der Waals surface area (Å²) in [5.74, 6) is -0.0383. The van der Waals surface area contributed by atoms with Gasteiger partial charge in [0.25, 0.3) is 0 Å². The summed E-state index contributed by atoms with van der Waals surface area (Å²) in [6, 6.07) is 7.77. The van der Waals surface area contributed by atoms with Crippen LogP contribution in [0.2, 0.25) is 0 Å². The topological polar surface area (TPSA) is 56.1 Å². The third-order valence-corrected chi connectivity index (χ3v) is 3.08. The number of benzene rings is 1. The summed E-state index contributed by atoms with van der Waals surface area (Å²) in [4.78, 5) is 13.7. The predicted octanol–water partition coefficient (Wildman–Crippen LogP) is 2.67. The molecule has 1 amide bonds. The van der Waals surface area contributed by atoms with Crippen molar-refractivity contribution >= 4 is 27.5 Å². The van der Waals surface area contributed by atoms with Gasteiger partial charge in [-0.15, -0.1) is 0 Å². The number of nitrogens with one attached hydrogen (secondary N) is 1. The van der Waals surface area contributed by atoms with E-state index in [9.17, 15) is 4.79 Å². The van der Waals surface area contributed by atoms with E-state index in [1.807, 2.05) is 37.8 Å². The first-order valence-electron chi connectivity index (χ1n) is 6.21. The summed E-state index contributed by atoms with van der Waals surface area (Å²) < 4.78 is 0.857. The highest BCUT2D eigenvalue weighted by atomic mass is 79.9. The number of nitrogens with zero attached hydrogens (tertiary/aromatic N) is 2. The Labute approximate surface area is 122 Å². The van der Waals surface area contributed by atoms with Crippen LogP contribution in [-0.4, -0.2) is 25.0 Å². The predicted molar refractivity (Wildman–Crippen MR) is 80.0 cm³/mol. The smallest absolute Gasteiger partial charge is 0.239 e. The second-order valence-corrected chi connectivity index (χ2v) is 5.43. The molecule has 102 valence electrons. The van der Waals surface area contributed by atoms with Crippen molar-refractivity contribution in [2.75, 3.05) is 18.0 Å². The van der Waals surface area contributed by atoms with Crippen molar-refractivity contribution in [3.05, 3.63) is 28.2 Å². The summed E-state index contributed by atoms with van der Waals surface area (Å²) in [6.45, 7) is 6.74. The maximum Gasteiger partial charge on any atom is 0.239 e. The van der Waals surface area contributed by atoms with Crippen LogP contribution in [0.5, 0.6) is 0 Å². The summed E-state index contributed by atoms with van der Waals surface area (Å²) in [5.41, 5.74) is 1.35. The Morgan fingerprint density at radius 3 is 2.74 bits per heavy atom. The fourth-order valence-electron chi connectivity index (χ4n) is 1.78. The minimum Gasteiger partial charge on any atom is -0.361 e. The molecule has 4 nitrogen and oxygen atoms in total. The van der Waals surface area contributed by atoms with Gasteiger partial charge in [-0.3, -0.25) is 4.79 Å². The lowest BCUT2D eigenvalue weighted by atomic mass is 10.1. The quantitative estimate of drug-likeness (QED) is 0.906. The molecule has 0 radical (unpaired) electrons. The van der Waals surface area contributed by atoms with Gasteiger partial charge in [0, 0.05) is 17.1 Å². The summed E-state index contributed by atoms with van der Waals surface area (Å²) in [5, 5.41) is 12.0. The Hall–Kier alpha value is -1.54. The van der Waals surface area contributed by atoms with Gasteiger partial charge >= 0.3 is 0 Å². The Kier molecular flexibility index (Phi) is 5.84. The van der Waals surface area contributed by atoms with E-state index in [-0.39, 0.29) is 18.5 Å². The molecule has 1 aromatic carbocycles. The Bertz CT molecular complexity index is 494. The van der Waals surface area contributed by atoms with Gasteiger partial charge < -0.3 is 10.2 Å². The van der Waals surface area contributed by atoms with Gasteiger partial charge in [-0.1, -0.05) is 15.9 Å². The first kappa shape index (κ1) is 15.5. The van der Waals surface area contributed by atoms with E-state index in [0.29, 0.717) is 12.1 Å². The number of rotatable bonds is 5. The average Bonchev–Trinajstić information content (AvgIpc) is 2.35. The molecule has 0 spiro atoms. The Balaban J connectivity index is 2.92. The molecule has 0 saturated carbocycles. The number of nitriles is 1. The highest BCUT2D eigenvalue weighted by Crippen LogP contribution is 2.23. The minimum atomic E-state index is -0.0383. The van der Waals surface area contributed by atoms with Crippen LogP contribution in [0.15, 0.2) is 22.7 Å². The number of amides is 1. The van der Waals surface area contributed by atoms with Gasteiger partial charge in [-0.05, 0) is 39.0 Å². The fourth-order valence-corrected chi connectivity index (χ4v) is 2.14. The summed E-state index contributed by atoms with van der Waals surface area (Å²) >= 11 is 3.34. The molecule has 0 saturated heterocycles. The molecule has 0 fully saturated rings. The van der Waals surface area contributed by atoms with E-state index in [1.54, 1.807) is 6.07 Å². The van der Waals surface area contributed by atoms with E-state index in [1.165, 1.54) is 0 Å². The lowest BCUT2D eigenvalue weighted by Crippen LogP contribution is -2.40. The van der Waals surface area contributed by atoms with E-state index in [4.69, 9.17) is 5.26 Å². The standard InChI is InChI=1S/C14H18BrN3O/c1-4-18(9-14(19)17-10(2)3)13-6-5-12(15)7-11(13)8-16/h5-7,10H,4,9H2,1-3H3,(H,17,19). The number of likely N-dealkylation sites (N-methyl/N-ethyl adjacent to an activating group) is 1. The zero-order chi connectivity index (χ0) is 14.4. The SMILES string of the molecule is CCN(CC(=O)NC(C)C)c1ccc(Br)cc1C#N. The van der Waals surface area contributed by atoms with Crippen molar-refractivity contribution in [1.29, 1.82) is 5.26 Å². The third-order valence-electron chi connectivity index (χ3n) is 2.59. The minimum absolute atomic E-state index is 0.0383. The molecule has 0 aliphatic rings. The molecule has 0 heterocycles. The second kappa shape index (κ2) is 7.15. The third kappa shape index (κ3) is 4.56. The van der Waals surface area contributed by atoms with Crippen molar-refractivity contribution in [2.24, 2.45) is 0 Å². The van der Waals surface area contributed by atoms with Crippen LogP contribution in [0.3, 0.4) is 0 Å². The van der Waals surface area contributed by atoms with Crippen molar-refractivity contribution in [1.82, 2.24) is 5.32 Å². The molecule has 0 atom stereocenters. The number of hydrogen-bond acceptors (Lipinski definition) is 3. The fraction of sp³-hybridized carbons (Fsp3) is 0.429. The first-order valence-corrected chi connectivity index (χ1v) is 7.01. The molecule has 0 aromatic heterocycles. The molecular weight excluding hydrogens is 306 g/mol. The maximum absolute atomic E-state index is 11.8. The van der Waals surface area contributed by atoms with Crippen LogP contribution < -0.4 is 10.2 Å². The molecule has 19 heavy (non-hydrogen) atoms. The van der Waals surface area contributed by atoms with Crippen LogP contribution in [0, 0.1) is 11.3 Å². The molecular formula is C14H18BrN3O. The van der Waals surface area contributed by atoms with Gasteiger partial charge in [0.2, 0.25) is 5.91 Å². The van der Waals surface area contributed by atoms with Gasteiger partial charge in [0.1, 0.15) is 6.07 Å². The zero-order valence-corrected chi connectivity index (χ0v) is 13.0. The molecule has 1 aromatic rings. The van der Waals surface area contributed by atoms with E-state index in [2.05, 4.69) is 27.3 Å². The zero-order valence-electron chi connectivity index (χ0n) is 11.4. The van der Waals surface area contributed by atoms with Crippen LogP contribution in [0.1, 0.15) is 26.3 Å². The average molecular weight is 324 g/mol. The lowest BCUT2D eigenvalue weighted by Gasteiger charge is -2.24. The van der Waals surface area contributed by atoms with Crippen molar-refractivity contribution < 1.29 is 4.79 Å². The van der Waals surface area contributed by atoms with Crippen LogP contribution >= 0.6 is 15.9 Å². The van der Waals surface area contributed by atoms with Crippen LogP contribution in [0.4, 0.5) is 5.69 Å². The molecule has 1 N–H and O–H groups in total. The lowest BCUT2D eigenvalue weighted by molar-refractivity contribution is -0.120. The highest BCUT2D eigenvalue weighted by molar-refractivity contribution is 9.10. The molecule has 0 unspecified atom stereocenters. The van der Waals surface area contributed by atoms with E-state index in [0.717, 1.165) is 10.2 Å². The maximum atomic E-state index is 11.8. The molecule has 1 rings (SSSR count). The van der Waals surface area contributed by atoms with Crippen molar-refractivity contribution in [3.63, 3.8) is 0 Å². The molecule has 0 bridgehead atoms. The van der Waals surface area contributed by atoms with E-state index < -0.39 is 0 Å². The van der Waals surface area contributed by atoms with Gasteiger partial charge in [0.15, 0.2) is 0 Å². The van der Waals surface area contributed by atoms with E-state index >= 15 is 0 Å². The molecule has 0 aliphatic carbocycles. The van der Waals surface area contributed by atoms with Crippen LogP contribution in [-0.2, 0) is 4.79 Å². The Morgan fingerprint density at radius 1 is 1.53 bits per heavy atom. The first-order chi connectivity index (χ1) is 8.97. The number of carbonyl (C=O) groups is 1. The number of hydrogen-bond donors (Lipinski definition) is 1. The van der Waals surface area contributed by atoms with Gasteiger partial charge in [0.05, 0.1) is 17.8 Å². The monoisotopic (exact) mass is 323 g/mol. The van der Waals surface area contributed by atoms with Gasteiger partial charge in [-0.2, -0.15) is 5.26 Å². The largest absolute Gasteiger partial charge is 0.361 e. The molecule has 0 aliphatic heterocycles. The Morgan fingerprint density at radius 2 is 2.21 bits per heavy atom. The van der Waals surface area contributed by atoms with Gasteiger partial charge in [-0.25, -0.2) is 0 Å². The van der Waals surface area contributed by atoms with Crippen molar-refractivity contribution in [3.8, 4) is 6.07 Å². The number of carbonyl (C=O) groups excluding carboxylic acids is 1. The second-order valence-electron chi connectivity index (χ2n) is 4.51.